The van der Waals surface area contributed by atoms with Crippen LogP contribution in [0.25, 0.3) is 4.72 Å². The Balaban J connectivity index is 2.35. The SMILES string of the molecule is CCOc1ccccc1C[NH2+]CC[N-]S(C)(=O)=O. The molecule has 0 bridgehead atoms. The second kappa shape index (κ2) is 7.35. The van der Waals surface area contributed by atoms with Gasteiger partial charge in [-0.15, -0.1) is 0 Å². The molecule has 0 radical (unpaired) electrons. The topological polar surface area (TPSA) is 74.1 Å². The highest BCUT2D eigenvalue weighted by molar-refractivity contribution is 7.93. The van der Waals surface area contributed by atoms with Gasteiger partial charge in [0.2, 0.25) is 0 Å². The molecular formula is C12H20N2O3S. The first-order valence-corrected chi connectivity index (χ1v) is 7.79. The summed E-state index contributed by atoms with van der Waals surface area (Å²) < 4.78 is 30.7. The largest absolute Gasteiger partial charge is 0.545 e. The van der Waals surface area contributed by atoms with Crippen molar-refractivity contribution in [1.82, 2.24) is 0 Å². The molecule has 1 aromatic rings. The summed E-state index contributed by atoms with van der Waals surface area (Å²) in [6.07, 6.45) is 1.11. The second-order valence-electron chi connectivity index (χ2n) is 3.91. The number of nitrogens with zero attached hydrogens (tertiary/aromatic N) is 1. The molecule has 0 atom stereocenters. The Morgan fingerprint density at radius 2 is 2.06 bits per heavy atom. The van der Waals surface area contributed by atoms with Crippen molar-refractivity contribution < 1.29 is 18.5 Å². The molecular weight excluding hydrogens is 252 g/mol. The molecule has 0 fully saturated rings. The van der Waals surface area contributed by atoms with E-state index in [1.54, 1.807) is 0 Å². The van der Waals surface area contributed by atoms with Crippen LogP contribution < -0.4 is 10.1 Å². The van der Waals surface area contributed by atoms with E-state index < -0.39 is 10.0 Å². The van der Waals surface area contributed by atoms with Crippen molar-refractivity contribution in [3.05, 3.63) is 34.6 Å². The summed E-state index contributed by atoms with van der Waals surface area (Å²) in [5.41, 5.74) is 1.11. The van der Waals surface area contributed by atoms with Gasteiger partial charge in [0.05, 0.1) is 23.2 Å². The third-order valence-corrected chi connectivity index (χ3v) is 2.95. The van der Waals surface area contributed by atoms with Crippen molar-refractivity contribution in [1.29, 1.82) is 0 Å². The lowest BCUT2D eigenvalue weighted by Gasteiger charge is -2.15. The van der Waals surface area contributed by atoms with Gasteiger partial charge in [0.25, 0.3) is 0 Å². The summed E-state index contributed by atoms with van der Waals surface area (Å²) in [6.45, 7) is 4.31. The van der Waals surface area contributed by atoms with Crippen molar-refractivity contribution in [2.75, 3.05) is 26.0 Å². The Kier molecular flexibility index (Phi) is 6.11. The molecule has 0 aliphatic carbocycles. The maximum absolute atomic E-state index is 10.8. The van der Waals surface area contributed by atoms with E-state index in [2.05, 4.69) is 4.72 Å². The average Bonchev–Trinajstić information content (AvgIpc) is 2.29. The minimum absolute atomic E-state index is 0.315. The van der Waals surface area contributed by atoms with Crippen LogP contribution in [0.5, 0.6) is 5.75 Å². The molecule has 1 aromatic carbocycles. The smallest absolute Gasteiger partial charge is 0.128 e. The molecule has 0 aliphatic rings. The first-order valence-electron chi connectivity index (χ1n) is 5.94. The van der Waals surface area contributed by atoms with E-state index in [4.69, 9.17) is 4.74 Å². The zero-order valence-corrected chi connectivity index (χ0v) is 11.6. The molecule has 2 N–H and O–H groups in total. The molecule has 0 saturated carbocycles. The van der Waals surface area contributed by atoms with Crippen molar-refractivity contribution in [3.63, 3.8) is 0 Å². The fraction of sp³-hybridized carbons (Fsp3) is 0.500. The van der Waals surface area contributed by atoms with Gasteiger partial charge in [-0.1, -0.05) is 18.7 Å². The molecule has 0 aliphatic heterocycles. The first kappa shape index (κ1) is 14.9. The number of quaternary nitrogens is 1. The van der Waals surface area contributed by atoms with Gasteiger partial charge in [-0.25, -0.2) is 8.42 Å². The number of hydrogen-bond acceptors (Lipinski definition) is 3. The molecule has 0 spiro atoms. The number of rotatable bonds is 8. The molecule has 102 valence electrons. The van der Waals surface area contributed by atoms with Crippen LogP contribution in [0.1, 0.15) is 12.5 Å². The summed E-state index contributed by atoms with van der Waals surface area (Å²) in [4.78, 5) is 0. The van der Waals surface area contributed by atoms with Crippen molar-refractivity contribution in [3.8, 4) is 5.75 Å². The Hall–Kier alpha value is -1.11. The van der Waals surface area contributed by atoms with E-state index in [0.29, 0.717) is 19.7 Å². The predicted molar refractivity (Wildman–Crippen MR) is 71.2 cm³/mol. The van der Waals surface area contributed by atoms with E-state index in [1.165, 1.54) is 0 Å². The fourth-order valence-corrected chi connectivity index (χ4v) is 1.97. The minimum Gasteiger partial charge on any atom is -0.545 e. The zero-order chi connectivity index (χ0) is 13.4. The summed E-state index contributed by atoms with van der Waals surface area (Å²) in [7, 11) is -3.21. The number of ether oxygens (including phenoxy) is 1. The third-order valence-electron chi connectivity index (χ3n) is 2.30. The van der Waals surface area contributed by atoms with E-state index in [1.807, 2.05) is 36.5 Å². The lowest BCUT2D eigenvalue weighted by Crippen LogP contribution is -2.83. The van der Waals surface area contributed by atoms with Gasteiger partial charge < -0.3 is 14.8 Å². The lowest BCUT2D eigenvalue weighted by molar-refractivity contribution is -0.667. The van der Waals surface area contributed by atoms with Gasteiger partial charge in [-0.2, -0.15) is 0 Å². The number of benzene rings is 1. The normalized spacial score (nSPS) is 11.4. The monoisotopic (exact) mass is 272 g/mol. The van der Waals surface area contributed by atoms with E-state index >= 15 is 0 Å². The van der Waals surface area contributed by atoms with Crippen LogP contribution in [0.4, 0.5) is 0 Å². The molecule has 5 nitrogen and oxygen atoms in total. The van der Waals surface area contributed by atoms with Gasteiger partial charge in [0.1, 0.15) is 12.3 Å². The quantitative estimate of drug-likeness (QED) is 0.700. The summed E-state index contributed by atoms with van der Waals surface area (Å²) in [5.74, 6) is 0.885. The predicted octanol–water partition coefficient (Wildman–Crippen LogP) is 0.482. The van der Waals surface area contributed by atoms with E-state index in [9.17, 15) is 8.42 Å². The highest BCUT2D eigenvalue weighted by Gasteiger charge is 2.02. The Labute approximate surface area is 109 Å². The summed E-state index contributed by atoms with van der Waals surface area (Å²) in [6, 6.07) is 7.85. The van der Waals surface area contributed by atoms with Crippen molar-refractivity contribution in [2.24, 2.45) is 0 Å². The standard InChI is InChI=1S/C12H19N2O3S/c1-3-17-12-7-5-4-6-11(12)10-13-8-9-14-18(2,15)16/h4-7,13H,3,8-10H2,1-2H3/q-1/p+1. The van der Waals surface area contributed by atoms with Crippen LogP contribution >= 0.6 is 0 Å². The van der Waals surface area contributed by atoms with Crippen molar-refractivity contribution in [2.45, 2.75) is 13.5 Å². The number of nitrogens with two attached hydrogens (primary N) is 1. The summed E-state index contributed by atoms with van der Waals surface area (Å²) in [5, 5.41) is 2.02. The maximum Gasteiger partial charge on any atom is 0.128 e. The lowest BCUT2D eigenvalue weighted by atomic mass is 10.2. The average molecular weight is 272 g/mol. The highest BCUT2D eigenvalue weighted by Crippen LogP contribution is 2.16. The Bertz CT molecular complexity index is 460. The van der Waals surface area contributed by atoms with Gasteiger partial charge in [-0.3, -0.25) is 0 Å². The van der Waals surface area contributed by atoms with Gasteiger partial charge >= 0.3 is 0 Å². The number of hydrogen-bond donors (Lipinski definition) is 1. The highest BCUT2D eigenvalue weighted by atomic mass is 32.2. The number of para-hydroxylation sites is 1. The molecule has 0 amide bonds. The van der Waals surface area contributed by atoms with Crippen LogP contribution in [0, 0.1) is 0 Å². The number of sulfonamides is 1. The molecule has 6 heteroatoms. The van der Waals surface area contributed by atoms with Crippen LogP contribution in [-0.2, 0) is 16.6 Å². The zero-order valence-electron chi connectivity index (χ0n) is 10.8. The van der Waals surface area contributed by atoms with Crippen molar-refractivity contribution >= 4 is 10.0 Å². The molecule has 0 heterocycles. The van der Waals surface area contributed by atoms with Crippen LogP contribution in [0.2, 0.25) is 0 Å². The van der Waals surface area contributed by atoms with Crippen LogP contribution in [-0.4, -0.2) is 34.4 Å². The summed E-state index contributed by atoms with van der Waals surface area (Å²) >= 11 is 0. The second-order valence-corrected chi connectivity index (χ2v) is 5.63. The van der Waals surface area contributed by atoms with E-state index in [0.717, 1.165) is 24.1 Å². The van der Waals surface area contributed by atoms with Gasteiger partial charge in [0, 0.05) is 11.8 Å². The molecule has 1 rings (SSSR count). The van der Waals surface area contributed by atoms with Gasteiger partial charge in [-0.05, 0) is 19.1 Å². The fourth-order valence-electron chi connectivity index (χ4n) is 1.54. The Morgan fingerprint density at radius 3 is 2.72 bits per heavy atom. The van der Waals surface area contributed by atoms with Crippen LogP contribution in [0.3, 0.4) is 0 Å². The molecule has 0 unspecified atom stereocenters. The third kappa shape index (κ3) is 6.00. The van der Waals surface area contributed by atoms with Gasteiger partial charge in [0.15, 0.2) is 0 Å². The van der Waals surface area contributed by atoms with Crippen LogP contribution in [0.15, 0.2) is 24.3 Å². The first-order chi connectivity index (χ1) is 8.53. The molecule has 0 saturated heterocycles. The molecule has 0 aromatic heterocycles. The maximum atomic E-state index is 10.8. The van der Waals surface area contributed by atoms with E-state index in [-0.39, 0.29) is 0 Å². The minimum atomic E-state index is -3.21. The molecule has 18 heavy (non-hydrogen) atoms. The Morgan fingerprint density at radius 1 is 1.33 bits per heavy atom.